The third-order valence-corrected chi connectivity index (χ3v) is 7.51. The normalized spacial score (nSPS) is 25.0. The molecule has 4 unspecified atom stereocenters. The summed E-state index contributed by atoms with van der Waals surface area (Å²) in [6.45, 7) is 0.404. The van der Waals surface area contributed by atoms with Crippen molar-refractivity contribution in [3.8, 4) is 11.5 Å². The first-order valence-corrected chi connectivity index (χ1v) is 12.0. The number of rotatable bonds is 6. The molecule has 6 nitrogen and oxygen atoms in total. The van der Waals surface area contributed by atoms with Crippen LogP contribution in [0.1, 0.15) is 24.0 Å². The van der Waals surface area contributed by atoms with Gasteiger partial charge in [0.1, 0.15) is 6.61 Å². The van der Waals surface area contributed by atoms with E-state index in [0.717, 1.165) is 34.4 Å². The Morgan fingerprint density at radius 3 is 2.34 bits per heavy atom. The third-order valence-electron chi connectivity index (χ3n) is 7.51. The van der Waals surface area contributed by atoms with Gasteiger partial charge in [-0.25, -0.2) is 0 Å². The summed E-state index contributed by atoms with van der Waals surface area (Å²) in [6, 6.07) is 19.8. The molecule has 3 aliphatic carbocycles. The summed E-state index contributed by atoms with van der Waals surface area (Å²) in [5.74, 6) is 0.587. The Kier molecular flexibility index (Phi) is 5.36. The average molecular weight is 467 g/mol. The fourth-order valence-corrected chi connectivity index (χ4v) is 5.75. The predicted molar refractivity (Wildman–Crippen MR) is 133 cm³/mol. The number of hydrazone groups is 1. The van der Waals surface area contributed by atoms with Crippen LogP contribution in [0.15, 0.2) is 77.9 Å². The number of imide groups is 1. The van der Waals surface area contributed by atoms with Crippen molar-refractivity contribution in [3.63, 3.8) is 0 Å². The molecule has 4 atom stereocenters. The number of hydrogen-bond acceptors (Lipinski definition) is 5. The number of nitrogens with zero attached hydrogens (tertiary/aromatic N) is 2. The molecule has 2 fully saturated rings. The highest BCUT2D eigenvalue weighted by atomic mass is 16.5. The van der Waals surface area contributed by atoms with Crippen LogP contribution in [0.3, 0.4) is 0 Å². The molecule has 2 bridgehead atoms. The summed E-state index contributed by atoms with van der Waals surface area (Å²) in [6.07, 6.45) is 7.69. The van der Waals surface area contributed by atoms with E-state index in [4.69, 9.17) is 9.47 Å². The van der Waals surface area contributed by atoms with Crippen LogP contribution >= 0.6 is 0 Å². The smallest absolute Gasteiger partial charge is 0.254 e. The number of allylic oxidation sites excluding steroid dienone is 2. The number of ether oxygens (including phenoxy) is 2. The minimum Gasteiger partial charge on any atom is -0.493 e. The van der Waals surface area contributed by atoms with Gasteiger partial charge in [-0.05, 0) is 64.8 Å². The summed E-state index contributed by atoms with van der Waals surface area (Å²) >= 11 is 0. The Morgan fingerprint density at radius 2 is 1.63 bits per heavy atom. The van der Waals surface area contributed by atoms with E-state index in [-0.39, 0.29) is 35.5 Å². The van der Waals surface area contributed by atoms with Crippen LogP contribution in [0.4, 0.5) is 0 Å². The molecule has 2 amide bonds. The van der Waals surface area contributed by atoms with Crippen molar-refractivity contribution in [2.45, 2.75) is 19.4 Å². The van der Waals surface area contributed by atoms with Crippen molar-refractivity contribution in [1.29, 1.82) is 0 Å². The van der Waals surface area contributed by atoms with Gasteiger partial charge in [0, 0.05) is 0 Å². The van der Waals surface area contributed by atoms with E-state index in [1.165, 1.54) is 5.39 Å². The highest BCUT2D eigenvalue weighted by Gasteiger charge is 2.56. The molecule has 176 valence electrons. The molecule has 7 rings (SSSR count). The van der Waals surface area contributed by atoms with Gasteiger partial charge in [0.15, 0.2) is 11.5 Å². The van der Waals surface area contributed by atoms with Gasteiger partial charge in [-0.3, -0.25) is 9.59 Å². The second-order valence-electron chi connectivity index (χ2n) is 9.41. The maximum absolute atomic E-state index is 13.0. The van der Waals surface area contributed by atoms with E-state index in [1.807, 2.05) is 30.3 Å². The second-order valence-corrected chi connectivity index (χ2v) is 9.41. The van der Waals surface area contributed by atoms with Gasteiger partial charge < -0.3 is 9.47 Å². The minimum atomic E-state index is -0.261. The number of methoxy groups -OCH3 is 1. The van der Waals surface area contributed by atoms with Crippen molar-refractivity contribution < 1.29 is 19.1 Å². The summed E-state index contributed by atoms with van der Waals surface area (Å²) in [7, 11) is 1.59. The summed E-state index contributed by atoms with van der Waals surface area (Å²) in [5.41, 5.74) is 1.81. The largest absolute Gasteiger partial charge is 0.493 e. The first-order chi connectivity index (χ1) is 17.1. The zero-order valence-corrected chi connectivity index (χ0v) is 19.5. The van der Waals surface area contributed by atoms with E-state index in [1.54, 1.807) is 19.4 Å². The molecule has 1 saturated heterocycles. The fraction of sp³-hybridized carbons (Fsp3) is 0.276. The van der Waals surface area contributed by atoms with Gasteiger partial charge in [0.25, 0.3) is 11.8 Å². The van der Waals surface area contributed by atoms with Crippen molar-refractivity contribution in [2.75, 3.05) is 7.11 Å². The number of carbonyl (C=O) groups excluding carboxylic acids is 2. The highest BCUT2D eigenvalue weighted by Crippen LogP contribution is 2.49. The molecule has 35 heavy (non-hydrogen) atoms. The van der Waals surface area contributed by atoms with Crippen LogP contribution < -0.4 is 9.47 Å². The molecule has 3 aromatic rings. The standard InChI is InChI=1S/C29H26N2O4/c1-34-25-15-18(9-14-24(25)35-17-22-7-4-6-19-5-2-3-8-23(19)22)16-30-31-28(32)26-20-10-11-21(13-12-20)27(26)29(31)33/h2-11,14-16,20-21,26-27H,12-13,17H2,1H3. The lowest BCUT2D eigenvalue weighted by atomic mass is 9.63. The first kappa shape index (κ1) is 21.6. The number of carbonyl (C=O) groups is 2. The number of benzene rings is 3. The number of amides is 2. The molecule has 3 aromatic carbocycles. The third kappa shape index (κ3) is 3.70. The van der Waals surface area contributed by atoms with E-state index >= 15 is 0 Å². The van der Waals surface area contributed by atoms with E-state index in [9.17, 15) is 9.59 Å². The number of fused-ring (bicyclic) bond motifs is 2. The maximum Gasteiger partial charge on any atom is 0.254 e. The summed E-state index contributed by atoms with van der Waals surface area (Å²) in [5, 5.41) is 7.69. The molecular formula is C29H26N2O4. The second kappa shape index (κ2) is 8.69. The topological polar surface area (TPSA) is 68.2 Å². The highest BCUT2D eigenvalue weighted by molar-refractivity contribution is 6.06. The molecule has 0 N–H and O–H groups in total. The molecule has 6 heteroatoms. The van der Waals surface area contributed by atoms with E-state index in [2.05, 4.69) is 41.5 Å². The minimum absolute atomic E-state index is 0.153. The van der Waals surface area contributed by atoms with Gasteiger partial charge in [-0.1, -0.05) is 54.6 Å². The van der Waals surface area contributed by atoms with Crippen molar-refractivity contribution in [3.05, 3.63) is 83.9 Å². The lowest BCUT2D eigenvalue weighted by molar-refractivity contribution is -0.140. The van der Waals surface area contributed by atoms with Crippen LogP contribution in [-0.2, 0) is 16.2 Å². The zero-order chi connectivity index (χ0) is 23.9. The lowest BCUT2D eigenvalue weighted by Crippen LogP contribution is -2.38. The Bertz CT molecular complexity index is 1340. The average Bonchev–Trinajstić information content (AvgIpc) is 3.18. The molecular weight excluding hydrogens is 440 g/mol. The van der Waals surface area contributed by atoms with Crippen LogP contribution in [-0.4, -0.2) is 30.1 Å². The van der Waals surface area contributed by atoms with Crippen LogP contribution in [0.2, 0.25) is 0 Å². The molecule has 4 aliphatic rings. The summed E-state index contributed by atoms with van der Waals surface area (Å²) < 4.78 is 11.6. The molecule has 1 heterocycles. The van der Waals surface area contributed by atoms with Gasteiger partial charge in [0.2, 0.25) is 0 Å². The molecule has 1 aliphatic heterocycles. The van der Waals surface area contributed by atoms with Crippen molar-refractivity contribution >= 4 is 28.8 Å². The SMILES string of the molecule is COc1cc(C=NN2C(=O)C3C4C=CC(CC4)C3C2=O)ccc1OCc1cccc2ccccc12. The van der Waals surface area contributed by atoms with Crippen LogP contribution in [0.5, 0.6) is 11.5 Å². The van der Waals surface area contributed by atoms with E-state index in [0.29, 0.717) is 18.1 Å². The Labute approximate surface area is 203 Å². The molecule has 0 spiro atoms. The monoisotopic (exact) mass is 466 g/mol. The number of hydrogen-bond donors (Lipinski definition) is 0. The van der Waals surface area contributed by atoms with Crippen molar-refractivity contribution in [1.82, 2.24) is 5.01 Å². The van der Waals surface area contributed by atoms with Crippen LogP contribution in [0, 0.1) is 23.7 Å². The van der Waals surface area contributed by atoms with Gasteiger partial charge >= 0.3 is 0 Å². The van der Waals surface area contributed by atoms with Gasteiger partial charge in [-0.2, -0.15) is 10.1 Å². The summed E-state index contributed by atoms with van der Waals surface area (Å²) in [4.78, 5) is 25.9. The fourth-order valence-electron chi connectivity index (χ4n) is 5.75. The van der Waals surface area contributed by atoms with Crippen LogP contribution in [0.25, 0.3) is 10.8 Å². The quantitative estimate of drug-likeness (QED) is 0.293. The molecule has 0 aromatic heterocycles. The van der Waals surface area contributed by atoms with Crippen molar-refractivity contribution in [2.24, 2.45) is 28.8 Å². The van der Waals surface area contributed by atoms with Gasteiger partial charge in [0.05, 0.1) is 25.2 Å². The Hall–Kier alpha value is -3.93. The Balaban J connectivity index is 1.19. The zero-order valence-electron chi connectivity index (χ0n) is 19.5. The molecule has 0 radical (unpaired) electrons. The predicted octanol–water partition coefficient (Wildman–Crippen LogP) is 4.96. The lowest BCUT2D eigenvalue weighted by Gasteiger charge is -2.37. The Morgan fingerprint density at radius 1 is 0.914 bits per heavy atom. The molecule has 1 saturated carbocycles. The van der Waals surface area contributed by atoms with E-state index < -0.39 is 0 Å². The maximum atomic E-state index is 13.0. The van der Waals surface area contributed by atoms with Gasteiger partial charge in [-0.15, -0.1) is 0 Å². The first-order valence-electron chi connectivity index (χ1n) is 12.0.